The third-order valence-corrected chi connectivity index (χ3v) is 11.7. The van der Waals surface area contributed by atoms with Crippen molar-refractivity contribution in [1.29, 1.82) is 0 Å². The van der Waals surface area contributed by atoms with Crippen molar-refractivity contribution in [3.05, 3.63) is 206 Å². The molecule has 12 rings (SSSR count). The zero-order chi connectivity index (χ0) is 37.5. The molecular weight excluding hydrogens is 693 g/mol. The van der Waals surface area contributed by atoms with E-state index in [-0.39, 0.29) is 0 Å². The van der Waals surface area contributed by atoms with Gasteiger partial charge in [-0.25, -0.2) is 0 Å². The van der Waals surface area contributed by atoms with Gasteiger partial charge >= 0.3 is 0 Å². The Labute approximate surface area is 329 Å². The number of aromatic nitrogens is 1. The summed E-state index contributed by atoms with van der Waals surface area (Å²) in [5, 5.41) is 7.40. The molecule has 9 aromatic carbocycles. The molecule has 0 aliphatic rings. The monoisotopic (exact) mass is 726 g/mol. The summed E-state index contributed by atoms with van der Waals surface area (Å²) in [6.45, 7) is 0. The number of para-hydroxylation sites is 3. The minimum atomic E-state index is 0.884. The van der Waals surface area contributed by atoms with Gasteiger partial charge in [0.1, 0.15) is 11.2 Å². The second kappa shape index (κ2) is 12.5. The van der Waals surface area contributed by atoms with Gasteiger partial charge in [0.05, 0.1) is 16.6 Å². The molecule has 3 heteroatoms. The van der Waals surface area contributed by atoms with Crippen LogP contribution in [0.4, 0.5) is 17.1 Å². The smallest absolute Gasteiger partial charge is 0.135 e. The van der Waals surface area contributed by atoms with Gasteiger partial charge in [0.15, 0.2) is 0 Å². The zero-order valence-corrected chi connectivity index (χ0v) is 30.9. The van der Waals surface area contributed by atoms with Gasteiger partial charge in [-0.15, -0.1) is 0 Å². The van der Waals surface area contributed by atoms with Crippen molar-refractivity contribution in [2.24, 2.45) is 0 Å². The van der Waals surface area contributed by atoms with Crippen molar-refractivity contribution >= 4 is 77.1 Å². The van der Waals surface area contributed by atoms with Crippen LogP contribution in [0.1, 0.15) is 0 Å². The molecule has 0 radical (unpaired) electrons. The van der Waals surface area contributed by atoms with Crippen molar-refractivity contribution < 1.29 is 4.42 Å². The van der Waals surface area contributed by atoms with Crippen LogP contribution in [-0.2, 0) is 0 Å². The van der Waals surface area contributed by atoms with Crippen molar-refractivity contribution in [3.63, 3.8) is 0 Å². The SMILES string of the molecule is c1ccc(-c2ccc(N(c3cccc(-c4cccc(-c5ccc6c(c5)c5cccc7c8ccccc8n6c75)c4)c3)c3ccc4oc5ccccc5c4c3)cc2)cc1. The van der Waals surface area contributed by atoms with Crippen LogP contribution in [0.15, 0.2) is 211 Å². The number of rotatable bonds is 6. The van der Waals surface area contributed by atoms with Crippen LogP contribution in [0.2, 0.25) is 0 Å². The molecule has 57 heavy (non-hydrogen) atoms. The molecule has 0 saturated carbocycles. The van der Waals surface area contributed by atoms with E-state index in [1.807, 2.05) is 12.1 Å². The van der Waals surface area contributed by atoms with E-state index in [0.29, 0.717) is 0 Å². The average Bonchev–Trinajstić information content (AvgIpc) is 3.94. The Kier molecular flexibility index (Phi) is 6.93. The van der Waals surface area contributed by atoms with Crippen LogP contribution in [0.25, 0.3) is 93.4 Å². The molecule has 266 valence electrons. The van der Waals surface area contributed by atoms with Crippen LogP contribution in [0, 0.1) is 0 Å². The summed E-state index contributed by atoms with van der Waals surface area (Å²) in [5.74, 6) is 0. The van der Waals surface area contributed by atoms with E-state index in [1.165, 1.54) is 65.9 Å². The molecule has 3 aromatic heterocycles. The fraction of sp³-hybridized carbons (Fsp3) is 0. The Morgan fingerprint density at radius 1 is 0.298 bits per heavy atom. The molecule has 0 bridgehead atoms. The first-order chi connectivity index (χ1) is 28.2. The second-order valence-corrected chi connectivity index (χ2v) is 14.9. The van der Waals surface area contributed by atoms with Crippen LogP contribution in [-0.4, -0.2) is 4.40 Å². The van der Waals surface area contributed by atoms with E-state index < -0.39 is 0 Å². The summed E-state index contributed by atoms with van der Waals surface area (Å²) in [6.07, 6.45) is 0. The lowest BCUT2D eigenvalue weighted by atomic mass is 9.97. The molecule has 12 aromatic rings. The predicted molar refractivity (Wildman–Crippen MR) is 239 cm³/mol. The molecule has 0 aliphatic carbocycles. The van der Waals surface area contributed by atoms with Crippen molar-refractivity contribution in [2.75, 3.05) is 4.90 Å². The summed E-state index contributed by atoms with van der Waals surface area (Å²) in [5.41, 5.74) is 15.9. The Balaban J connectivity index is 0.965. The summed E-state index contributed by atoms with van der Waals surface area (Å²) < 4.78 is 8.68. The minimum absolute atomic E-state index is 0.884. The molecule has 0 aliphatic heterocycles. The van der Waals surface area contributed by atoms with Gasteiger partial charge in [-0.05, 0) is 106 Å². The fourth-order valence-corrected chi connectivity index (χ4v) is 9.05. The Morgan fingerprint density at radius 2 is 0.842 bits per heavy atom. The van der Waals surface area contributed by atoms with Crippen molar-refractivity contribution in [3.8, 4) is 33.4 Å². The Morgan fingerprint density at radius 3 is 1.68 bits per heavy atom. The maximum absolute atomic E-state index is 6.24. The third-order valence-electron chi connectivity index (χ3n) is 11.7. The largest absolute Gasteiger partial charge is 0.456 e. The molecule has 0 saturated heterocycles. The normalized spacial score (nSPS) is 11.9. The molecule has 0 N–H and O–H groups in total. The molecule has 0 amide bonds. The van der Waals surface area contributed by atoms with Crippen LogP contribution >= 0.6 is 0 Å². The van der Waals surface area contributed by atoms with Crippen LogP contribution < -0.4 is 4.90 Å². The standard InChI is InChI=1S/C54H34N2O/c1-2-11-35(12-3-1)36-23-26-41(27-24-36)55(43-28-30-53-49(34-43)45-18-5-7-22-52(45)57-53)42-16-9-15-39(32-42)37-13-8-14-38(31-37)40-25-29-51-48(33-40)47-20-10-19-46-44-17-4-6-21-50(44)56(51)54(46)47/h1-34H. The van der Waals surface area contributed by atoms with Crippen molar-refractivity contribution in [1.82, 2.24) is 4.40 Å². The summed E-state index contributed by atoms with van der Waals surface area (Å²) >= 11 is 0. The maximum atomic E-state index is 6.24. The fourth-order valence-electron chi connectivity index (χ4n) is 9.05. The van der Waals surface area contributed by atoms with Gasteiger partial charge in [0.25, 0.3) is 0 Å². The van der Waals surface area contributed by atoms with E-state index in [9.17, 15) is 0 Å². The number of furan rings is 1. The molecule has 3 nitrogen and oxygen atoms in total. The van der Waals surface area contributed by atoms with Gasteiger partial charge in [-0.3, -0.25) is 0 Å². The van der Waals surface area contributed by atoms with E-state index in [4.69, 9.17) is 4.42 Å². The molecule has 0 atom stereocenters. The first-order valence-electron chi connectivity index (χ1n) is 19.5. The quantitative estimate of drug-likeness (QED) is 0.170. The third kappa shape index (κ3) is 4.99. The van der Waals surface area contributed by atoms with E-state index in [2.05, 4.69) is 203 Å². The predicted octanol–water partition coefficient (Wildman–Crippen LogP) is 15.2. The highest BCUT2D eigenvalue weighted by atomic mass is 16.3. The minimum Gasteiger partial charge on any atom is -0.456 e. The zero-order valence-electron chi connectivity index (χ0n) is 30.9. The first-order valence-corrected chi connectivity index (χ1v) is 19.5. The number of fused-ring (bicyclic) bond motifs is 9. The lowest BCUT2D eigenvalue weighted by molar-refractivity contribution is 0.669. The number of anilines is 3. The highest BCUT2D eigenvalue weighted by molar-refractivity contribution is 6.23. The molecule has 0 unspecified atom stereocenters. The van der Waals surface area contributed by atoms with Gasteiger partial charge < -0.3 is 13.7 Å². The number of nitrogens with zero attached hydrogens (tertiary/aromatic N) is 2. The van der Waals surface area contributed by atoms with E-state index >= 15 is 0 Å². The number of benzene rings is 9. The van der Waals surface area contributed by atoms with E-state index in [0.717, 1.165) is 44.6 Å². The summed E-state index contributed by atoms with van der Waals surface area (Å²) in [4.78, 5) is 2.35. The topological polar surface area (TPSA) is 20.8 Å². The average molecular weight is 727 g/mol. The van der Waals surface area contributed by atoms with Gasteiger partial charge in [-0.2, -0.15) is 0 Å². The Hall–Kier alpha value is -7.62. The summed E-state index contributed by atoms with van der Waals surface area (Å²) in [7, 11) is 0. The lowest BCUT2D eigenvalue weighted by Gasteiger charge is -2.26. The maximum Gasteiger partial charge on any atom is 0.135 e. The Bertz CT molecular complexity index is 3460. The van der Waals surface area contributed by atoms with Crippen LogP contribution in [0.3, 0.4) is 0 Å². The molecule has 0 spiro atoms. The lowest BCUT2D eigenvalue weighted by Crippen LogP contribution is -2.10. The van der Waals surface area contributed by atoms with Crippen molar-refractivity contribution in [2.45, 2.75) is 0 Å². The first kappa shape index (κ1) is 31.7. The number of hydrogen-bond donors (Lipinski definition) is 0. The summed E-state index contributed by atoms with van der Waals surface area (Å²) in [6, 6.07) is 74.5. The van der Waals surface area contributed by atoms with Gasteiger partial charge in [0.2, 0.25) is 0 Å². The second-order valence-electron chi connectivity index (χ2n) is 14.9. The van der Waals surface area contributed by atoms with E-state index in [1.54, 1.807) is 0 Å². The highest BCUT2D eigenvalue weighted by Gasteiger charge is 2.19. The highest BCUT2D eigenvalue weighted by Crippen LogP contribution is 2.43. The van der Waals surface area contributed by atoms with Crippen LogP contribution in [0.5, 0.6) is 0 Å². The molecule has 0 fully saturated rings. The molecular formula is C54H34N2O. The molecule has 3 heterocycles. The number of hydrogen-bond acceptors (Lipinski definition) is 2. The van der Waals surface area contributed by atoms with Gasteiger partial charge in [-0.1, -0.05) is 133 Å². The van der Waals surface area contributed by atoms with Gasteiger partial charge in [0, 0.05) is 49.4 Å².